The molecule has 0 spiro atoms. The van der Waals surface area contributed by atoms with Crippen LogP contribution in [0.25, 0.3) is 0 Å². The average molecular weight is 401 g/mol. The number of benzene rings is 1. The number of amides is 1. The smallest absolute Gasteiger partial charge is 0.234 e. The van der Waals surface area contributed by atoms with Crippen LogP contribution in [0.15, 0.2) is 35.9 Å². The molecule has 2 N–H and O–H groups in total. The molecule has 2 heterocycles. The van der Waals surface area contributed by atoms with Gasteiger partial charge in [0.15, 0.2) is 5.78 Å². The van der Waals surface area contributed by atoms with Gasteiger partial charge in [-0.3, -0.25) is 19.4 Å². The van der Waals surface area contributed by atoms with Gasteiger partial charge in [-0.15, -0.1) is 0 Å². The number of likely N-dealkylation sites (tertiary alicyclic amines) is 1. The van der Waals surface area contributed by atoms with Gasteiger partial charge in [0.05, 0.1) is 18.7 Å². The van der Waals surface area contributed by atoms with Gasteiger partial charge in [0.1, 0.15) is 5.82 Å². The third kappa shape index (κ3) is 4.74. The van der Waals surface area contributed by atoms with Crippen LogP contribution in [0.5, 0.6) is 0 Å². The molecule has 3 fully saturated rings. The van der Waals surface area contributed by atoms with Crippen LogP contribution in [-0.4, -0.2) is 72.0 Å². The maximum Gasteiger partial charge on any atom is 0.234 e. The number of Topliss-reactive ketones (excluding diaryl/α,β-unsaturated/α-hetero) is 1. The number of nitrogens with zero attached hydrogens (tertiary/aromatic N) is 2. The summed E-state index contributed by atoms with van der Waals surface area (Å²) in [5, 5.41) is 13.3. The third-order valence-corrected chi connectivity index (χ3v) is 6.05. The van der Waals surface area contributed by atoms with Crippen molar-refractivity contribution in [1.29, 1.82) is 0 Å². The summed E-state index contributed by atoms with van der Waals surface area (Å²) >= 11 is 0. The Kier molecular flexibility index (Phi) is 6.08. The zero-order valence-electron chi connectivity index (χ0n) is 16.5. The topological polar surface area (TPSA) is 72.9 Å². The standard InChI is InChI=1S/C22H28FN3O3/c23-18-4-2-1-3-17(18)21(22(29)15-5-6-15)26-11-8-19(27)16(13-26)7-10-25-12-9-24-20(28)14-25/h1-4,7,15,19,21,27H,5-6,8-14H2,(H,24,28)/b16-7-. The fourth-order valence-corrected chi connectivity index (χ4v) is 4.22. The summed E-state index contributed by atoms with van der Waals surface area (Å²) in [6.45, 7) is 3.30. The number of hydrogen-bond acceptors (Lipinski definition) is 5. The highest BCUT2D eigenvalue weighted by Crippen LogP contribution is 2.39. The molecule has 3 aliphatic rings. The molecule has 2 unspecified atom stereocenters. The number of rotatable bonds is 6. The Morgan fingerprint density at radius 1 is 1.24 bits per heavy atom. The van der Waals surface area contributed by atoms with E-state index in [1.165, 1.54) is 6.07 Å². The molecule has 156 valence electrons. The number of piperazine rings is 1. The van der Waals surface area contributed by atoms with E-state index in [1.807, 2.05) is 15.9 Å². The summed E-state index contributed by atoms with van der Waals surface area (Å²) in [7, 11) is 0. The third-order valence-electron chi connectivity index (χ3n) is 6.05. The number of piperidine rings is 1. The molecule has 1 aromatic rings. The first-order valence-electron chi connectivity index (χ1n) is 10.4. The summed E-state index contributed by atoms with van der Waals surface area (Å²) < 4.78 is 14.6. The van der Waals surface area contributed by atoms with Crippen LogP contribution >= 0.6 is 0 Å². The number of hydrogen-bond donors (Lipinski definition) is 2. The van der Waals surface area contributed by atoms with E-state index < -0.39 is 12.1 Å². The quantitative estimate of drug-likeness (QED) is 0.703. The molecule has 2 aliphatic heterocycles. The predicted molar refractivity (Wildman–Crippen MR) is 107 cm³/mol. The van der Waals surface area contributed by atoms with Gasteiger partial charge in [0.25, 0.3) is 0 Å². The van der Waals surface area contributed by atoms with E-state index in [9.17, 15) is 19.1 Å². The van der Waals surface area contributed by atoms with Gasteiger partial charge in [-0.2, -0.15) is 0 Å². The van der Waals surface area contributed by atoms with Gasteiger partial charge in [-0.25, -0.2) is 4.39 Å². The Morgan fingerprint density at radius 2 is 2.03 bits per heavy atom. The molecule has 4 rings (SSSR count). The molecule has 1 aliphatic carbocycles. The summed E-state index contributed by atoms with van der Waals surface area (Å²) in [5.41, 5.74) is 1.26. The van der Waals surface area contributed by atoms with Gasteiger partial charge in [-0.05, 0) is 30.9 Å². The number of ketones is 1. The zero-order valence-corrected chi connectivity index (χ0v) is 16.5. The molecule has 1 amide bonds. The first-order chi connectivity index (χ1) is 14.0. The van der Waals surface area contributed by atoms with Gasteiger partial charge >= 0.3 is 0 Å². The van der Waals surface area contributed by atoms with Crippen molar-refractivity contribution in [2.45, 2.75) is 31.4 Å². The number of halogens is 1. The molecule has 2 saturated heterocycles. The number of aliphatic hydroxyl groups excluding tert-OH is 1. The Morgan fingerprint density at radius 3 is 2.76 bits per heavy atom. The number of carbonyl (C=O) groups excluding carboxylic acids is 2. The van der Waals surface area contributed by atoms with Crippen molar-refractivity contribution in [3.8, 4) is 0 Å². The monoisotopic (exact) mass is 401 g/mol. The van der Waals surface area contributed by atoms with E-state index in [0.29, 0.717) is 44.7 Å². The molecular formula is C22H28FN3O3. The lowest BCUT2D eigenvalue weighted by Gasteiger charge is -2.37. The minimum atomic E-state index is -0.611. The maximum absolute atomic E-state index is 14.6. The highest BCUT2D eigenvalue weighted by Gasteiger charge is 2.41. The molecule has 7 heteroatoms. The lowest BCUT2D eigenvalue weighted by atomic mass is 9.92. The van der Waals surface area contributed by atoms with E-state index in [-0.39, 0.29) is 23.4 Å². The fourth-order valence-electron chi connectivity index (χ4n) is 4.22. The van der Waals surface area contributed by atoms with Crippen molar-refractivity contribution < 1.29 is 19.1 Å². The number of nitrogens with one attached hydrogen (secondary N) is 1. The van der Waals surface area contributed by atoms with Crippen molar-refractivity contribution >= 4 is 11.7 Å². The molecule has 6 nitrogen and oxygen atoms in total. The molecular weight excluding hydrogens is 373 g/mol. The Hall–Kier alpha value is -2.09. The van der Waals surface area contributed by atoms with E-state index in [2.05, 4.69) is 5.32 Å². The molecule has 2 atom stereocenters. The van der Waals surface area contributed by atoms with E-state index >= 15 is 0 Å². The lowest BCUT2D eigenvalue weighted by Crippen LogP contribution is -2.48. The second-order valence-corrected chi connectivity index (χ2v) is 8.24. The van der Waals surface area contributed by atoms with Crippen molar-refractivity contribution in [3.05, 3.63) is 47.3 Å². The number of aliphatic hydroxyl groups is 1. The van der Waals surface area contributed by atoms with Crippen LogP contribution in [0.4, 0.5) is 4.39 Å². The second kappa shape index (κ2) is 8.73. The average Bonchev–Trinajstić information content (AvgIpc) is 3.55. The predicted octanol–water partition coefficient (Wildman–Crippen LogP) is 1.27. The molecule has 29 heavy (non-hydrogen) atoms. The summed E-state index contributed by atoms with van der Waals surface area (Å²) in [5.74, 6) is -0.248. The Bertz CT molecular complexity index is 808. The Balaban J connectivity index is 1.52. The highest BCUT2D eigenvalue weighted by molar-refractivity contribution is 5.89. The van der Waals surface area contributed by atoms with Crippen LogP contribution < -0.4 is 5.32 Å². The SMILES string of the molecule is O=C1CN(C/C=C2/CN(C(C(=O)C3CC3)c3ccccc3F)CCC2O)CCN1. The highest BCUT2D eigenvalue weighted by atomic mass is 19.1. The molecule has 0 aromatic heterocycles. The zero-order chi connectivity index (χ0) is 20.4. The van der Waals surface area contributed by atoms with Crippen molar-refractivity contribution in [1.82, 2.24) is 15.1 Å². The normalized spacial score (nSPS) is 26.3. The minimum absolute atomic E-state index is 0.00937. The molecule has 0 radical (unpaired) electrons. The van der Waals surface area contributed by atoms with E-state index in [0.717, 1.165) is 25.0 Å². The fraction of sp³-hybridized carbons (Fsp3) is 0.545. The lowest BCUT2D eigenvalue weighted by molar-refractivity contribution is -0.126. The largest absolute Gasteiger partial charge is 0.389 e. The second-order valence-electron chi connectivity index (χ2n) is 8.24. The summed E-state index contributed by atoms with van der Waals surface area (Å²) in [6, 6.07) is 5.89. The van der Waals surface area contributed by atoms with Crippen LogP contribution in [0, 0.1) is 11.7 Å². The van der Waals surface area contributed by atoms with Crippen molar-refractivity contribution in [2.75, 3.05) is 39.3 Å². The Labute approximate surface area is 170 Å². The van der Waals surface area contributed by atoms with Crippen molar-refractivity contribution in [3.63, 3.8) is 0 Å². The van der Waals surface area contributed by atoms with E-state index in [1.54, 1.807) is 18.2 Å². The summed E-state index contributed by atoms with van der Waals surface area (Å²) in [4.78, 5) is 28.6. The summed E-state index contributed by atoms with van der Waals surface area (Å²) in [6.07, 6.45) is 3.66. The maximum atomic E-state index is 14.6. The van der Waals surface area contributed by atoms with Crippen LogP contribution in [0.2, 0.25) is 0 Å². The van der Waals surface area contributed by atoms with Crippen LogP contribution in [0.1, 0.15) is 30.9 Å². The van der Waals surface area contributed by atoms with Crippen LogP contribution in [-0.2, 0) is 9.59 Å². The first kappa shape index (κ1) is 20.2. The van der Waals surface area contributed by atoms with E-state index in [4.69, 9.17) is 0 Å². The van der Waals surface area contributed by atoms with Gasteiger partial charge in [0.2, 0.25) is 5.91 Å². The number of carbonyl (C=O) groups is 2. The minimum Gasteiger partial charge on any atom is -0.389 e. The molecule has 1 aromatic carbocycles. The molecule has 1 saturated carbocycles. The van der Waals surface area contributed by atoms with Gasteiger partial charge in [-0.1, -0.05) is 24.3 Å². The first-order valence-corrected chi connectivity index (χ1v) is 10.4. The van der Waals surface area contributed by atoms with Crippen LogP contribution in [0.3, 0.4) is 0 Å². The van der Waals surface area contributed by atoms with Gasteiger partial charge in [0, 0.05) is 44.2 Å². The molecule has 0 bridgehead atoms. The van der Waals surface area contributed by atoms with Gasteiger partial charge < -0.3 is 10.4 Å². The van der Waals surface area contributed by atoms with Crippen molar-refractivity contribution in [2.24, 2.45) is 5.92 Å².